The van der Waals surface area contributed by atoms with Crippen LogP contribution in [0.15, 0.2) is 71.7 Å². The van der Waals surface area contributed by atoms with E-state index in [0.717, 1.165) is 36.5 Å². The van der Waals surface area contributed by atoms with Crippen LogP contribution in [-0.4, -0.2) is 29.7 Å². The van der Waals surface area contributed by atoms with Crippen LogP contribution in [0.1, 0.15) is 21.6 Å². The summed E-state index contributed by atoms with van der Waals surface area (Å²) in [7, 11) is 2.77. The lowest BCUT2D eigenvalue weighted by atomic mass is 10.1. The fourth-order valence-corrected chi connectivity index (χ4v) is 4.58. The maximum atomic E-state index is 15.1. The maximum Gasteiger partial charge on any atom is 0.431 e. The highest BCUT2D eigenvalue weighted by molar-refractivity contribution is 6.04. The van der Waals surface area contributed by atoms with Gasteiger partial charge in [0, 0.05) is 23.2 Å². The Morgan fingerprint density at radius 1 is 0.867 bits per heavy atom. The molecular formula is C31H21F6N3O5. The number of hydrogen-bond acceptors (Lipinski definition) is 6. The monoisotopic (exact) mass is 629 g/mol. The zero-order chi connectivity index (χ0) is 32.6. The molecule has 0 saturated carbocycles. The quantitative estimate of drug-likeness (QED) is 0.192. The summed E-state index contributed by atoms with van der Waals surface area (Å²) < 4.78 is 101. The number of ether oxygens (including phenoxy) is 3. The van der Waals surface area contributed by atoms with E-state index < -0.39 is 52.1 Å². The Bertz CT molecular complexity index is 2030. The fraction of sp³-hybridized carbons (Fsp3) is 0.129. The summed E-state index contributed by atoms with van der Waals surface area (Å²) in [4.78, 5) is 30.2. The molecule has 0 aliphatic rings. The van der Waals surface area contributed by atoms with E-state index >= 15 is 4.39 Å². The van der Waals surface area contributed by atoms with Gasteiger partial charge in [-0.25, -0.2) is 13.2 Å². The first-order valence-corrected chi connectivity index (χ1v) is 12.9. The Hall–Kier alpha value is -5.53. The van der Waals surface area contributed by atoms with E-state index in [2.05, 4.69) is 10.3 Å². The van der Waals surface area contributed by atoms with E-state index in [9.17, 15) is 31.5 Å². The van der Waals surface area contributed by atoms with Crippen molar-refractivity contribution in [3.05, 3.63) is 111 Å². The van der Waals surface area contributed by atoms with Crippen LogP contribution in [0, 0.1) is 24.4 Å². The van der Waals surface area contributed by atoms with Gasteiger partial charge >= 0.3 is 6.18 Å². The maximum absolute atomic E-state index is 15.1. The number of fused-ring (bicyclic) bond motifs is 1. The first-order chi connectivity index (χ1) is 21.3. The van der Waals surface area contributed by atoms with Gasteiger partial charge in [0.15, 0.2) is 34.6 Å². The molecule has 5 rings (SSSR count). The molecule has 0 aliphatic carbocycles. The van der Waals surface area contributed by atoms with Gasteiger partial charge in [-0.3, -0.25) is 19.1 Å². The molecule has 14 heteroatoms. The van der Waals surface area contributed by atoms with Crippen LogP contribution in [0.25, 0.3) is 16.6 Å². The molecule has 1 amide bonds. The lowest BCUT2D eigenvalue weighted by Crippen LogP contribution is -2.33. The number of pyridine rings is 2. The normalized spacial score (nSPS) is 11.4. The molecule has 5 aromatic rings. The van der Waals surface area contributed by atoms with Gasteiger partial charge in [-0.05, 0) is 61.0 Å². The van der Waals surface area contributed by atoms with Crippen LogP contribution in [0.4, 0.5) is 32.0 Å². The summed E-state index contributed by atoms with van der Waals surface area (Å²) in [6.07, 6.45) is -4.12. The topological polar surface area (TPSA) is 91.7 Å². The molecule has 0 saturated heterocycles. The van der Waals surface area contributed by atoms with Crippen molar-refractivity contribution in [3.63, 3.8) is 0 Å². The summed E-state index contributed by atoms with van der Waals surface area (Å²) in [5.41, 5.74) is -3.66. The Morgan fingerprint density at radius 3 is 2.22 bits per heavy atom. The molecule has 0 atom stereocenters. The number of nitrogens with zero attached hydrogens (tertiary/aromatic N) is 2. The third kappa shape index (κ3) is 5.98. The minimum absolute atomic E-state index is 0.00816. The minimum Gasteiger partial charge on any atom is -0.493 e. The number of carbonyl (C=O) groups excluding carboxylic acids is 1. The van der Waals surface area contributed by atoms with E-state index in [1.54, 1.807) is 0 Å². The van der Waals surface area contributed by atoms with Crippen LogP contribution < -0.4 is 25.1 Å². The lowest BCUT2D eigenvalue weighted by Gasteiger charge is -2.18. The molecule has 3 aromatic carbocycles. The van der Waals surface area contributed by atoms with E-state index in [0.29, 0.717) is 17.9 Å². The molecule has 0 fully saturated rings. The predicted octanol–water partition coefficient (Wildman–Crippen LogP) is 7.19. The third-order valence-electron chi connectivity index (χ3n) is 6.70. The number of halogens is 6. The molecule has 1 N–H and O–H groups in total. The van der Waals surface area contributed by atoms with Crippen molar-refractivity contribution in [2.45, 2.75) is 13.1 Å². The van der Waals surface area contributed by atoms with Gasteiger partial charge in [0.1, 0.15) is 17.1 Å². The SMILES string of the molecule is COc1cc2ncc(F)c(Oc3ccc(NC(=O)c4ccc(C(F)(F)F)n(-c5ccc(F)cc5C)c4=O)cc3F)c2cc1OC. The van der Waals surface area contributed by atoms with Crippen molar-refractivity contribution < 1.29 is 45.3 Å². The first kappa shape index (κ1) is 30.9. The van der Waals surface area contributed by atoms with Crippen LogP contribution in [0.3, 0.4) is 0 Å². The summed E-state index contributed by atoms with van der Waals surface area (Å²) in [5.74, 6) is -4.13. The van der Waals surface area contributed by atoms with Crippen molar-refractivity contribution in [2.75, 3.05) is 19.5 Å². The van der Waals surface area contributed by atoms with Gasteiger partial charge in [-0.1, -0.05) is 0 Å². The van der Waals surface area contributed by atoms with E-state index in [1.807, 2.05) is 0 Å². The number of nitrogens with one attached hydrogen (secondary N) is 1. The molecule has 45 heavy (non-hydrogen) atoms. The molecular weight excluding hydrogens is 608 g/mol. The molecule has 232 valence electrons. The van der Waals surface area contributed by atoms with Crippen molar-refractivity contribution >= 4 is 22.5 Å². The standard InChI is InChI=1S/C31H21F6N3O5/c1-15-10-16(32)4-7-23(15)40-27(31(35,36)37)9-6-18(30(40)42)29(41)39-17-5-8-24(20(33)11-17)45-28-19-12-25(43-2)26(44-3)13-22(19)38-14-21(28)34/h4-14H,1-3H3,(H,39,41). The predicted molar refractivity (Wildman–Crippen MR) is 151 cm³/mol. The zero-order valence-corrected chi connectivity index (χ0v) is 23.6. The number of alkyl halides is 3. The second-order valence-electron chi connectivity index (χ2n) is 9.56. The number of methoxy groups -OCH3 is 2. The number of rotatable bonds is 7. The number of anilines is 1. The molecule has 2 heterocycles. The number of hydrogen-bond donors (Lipinski definition) is 1. The first-order valence-electron chi connectivity index (χ1n) is 12.9. The van der Waals surface area contributed by atoms with Gasteiger partial charge < -0.3 is 19.5 Å². The second kappa shape index (κ2) is 11.9. The van der Waals surface area contributed by atoms with Gasteiger partial charge in [-0.2, -0.15) is 13.2 Å². The van der Waals surface area contributed by atoms with Crippen molar-refractivity contribution in [2.24, 2.45) is 0 Å². The molecule has 8 nitrogen and oxygen atoms in total. The highest BCUT2D eigenvalue weighted by Gasteiger charge is 2.36. The van der Waals surface area contributed by atoms with Crippen molar-refractivity contribution in [1.82, 2.24) is 9.55 Å². The fourth-order valence-electron chi connectivity index (χ4n) is 4.58. The number of amides is 1. The molecule has 2 aromatic heterocycles. The van der Waals surface area contributed by atoms with E-state index in [4.69, 9.17) is 14.2 Å². The number of benzene rings is 3. The zero-order valence-electron chi connectivity index (χ0n) is 23.6. The van der Waals surface area contributed by atoms with Crippen LogP contribution >= 0.6 is 0 Å². The lowest BCUT2D eigenvalue weighted by molar-refractivity contribution is -0.142. The summed E-state index contributed by atoms with van der Waals surface area (Å²) in [6.45, 7) is 1.30. The Kier molecular flexibility index (Phi) is 8.15. The molecule has 0 spiro atoms. The Balaban J connectivity index is 1.47. The van der Waals surface area contributed by atoms with E-state index in [-0.39, 0.29) is 43.9 Å². The highest BCUT2D eigenvalue weighted by atomic mass is 19.4. The number of aromatic nitrogens is 2. The molecule has 0 bridgehead atoms. The van der Waals surface area contributed by atoms with Crippen LogP contribution in [0.2, 0.25) is 0 Å². The van der Waals surface area contributed by atoms with Gasteiger partial charge in [0.05, 0.1) is 31.6 Å². The number of aryl methyl sites for hydroxylation is 1. The van der Waals surface area contributed by atoms with Crippen LogP contribution in [0.5, 0.6) is 23.0 Å². The van der Waals surface area contributed by atoms with Gasteiger partial charge in [-0.15, -0.1) is 0 Å². The van der Waals surface area contributed by atoms with Gasteiger partial charge in [0.25, 0.3) is 11.5 Å². The summed E-state index contributed by atoms with van der Waals surface area (Å²) >= 11 is 0. The largest absolute Gasteiger partial charge is 0.493 e. The third-order valence-corrected chi connectivity index (χ3v) is 6.70. The Labute approximate surface area is 250 Å². The summed E-state index contributed by atoms with van der Waals surface area (Å²) in [5, 5.41) is 2.40. The Morgan fingerprint density at radius 2 is 1.58 bits per heavy atom. The smallest absolute Gasteiger partial charge is 0.431 e. The number of carbonyl (C=O) groups is 1. The second-order valence-corrected chi connectivity index (χ2v) is 9.56. The molecule has 0 aliphatic heterocycles. The molecule has 0 radical (unpaired) electrons. The minimum atomic E-state index is -5.00. The van der Waals surface area contributed by atoms with Crippen molar-refractivity contribution in [1.29, 1.82) is 0 Å². The molecule has 0 unspecified atom stereocenters. The average molecular weight is 630 g/mol. The average Bonchev–Trinajstić information content (AvgIpc) is 2.98. The summed E-state index contributed by atoms with van der Waals surface area (Å²) in [6, 6.07) is 9.95. The van der Waals surface area contributed by atoms with Crippen LogP contribution in [-0.2, 0) is 6.18 Å². The highest BCUT2D eigenvalue weighted by Crippen LogP contribution is 2.39. The van der Waals surface area contributed by atoms with E-state index in [1.165, 1.54) is 39.3 Å². The van der Waals surface area contributed by atoms with Crippen molar-refractivity contribution in [3.8, 4) is 28.7 Å². The van der Waals surface area contributed by atoms with Gasteiger partial charge in [0.2, 0.25) is 0 Å².